The first kappa shape index (κ1) is 22.9. The van der Waals surface area contributed by atoms with Crippen LogP contribution in [0.4, 0.5) is 4.39 Å². The van der Waals surface area contributed by atoms with Crippen molar-refractivity contribution in [2.45, 2.75) is 38.8 Å². The zero-order valence-corrected chi connectivity index (χ0v) is 19.1. The Kier molecular flexibility index (Phi) is 7.29. The maximum Gasteiger partial charge on any atom is 0.254 e. The number of piperidine rings is 1. The minimum absolute atomic E-state index is 0.196. The molecule has 1 aromatic heterocycles. The Morgan fingerprint density at radius 3 is 2.70 bits per heavy atom. The van der Waals surface area contributed by atoms with Gasteiger partial charge in [-0.25, -0.2) is 14.4 Å². The molecule has 33 heavy (non-hydrogen) atoms. The Bertz CT molecular complexity index is 1110. The molecule has 1 aliphatic heterocycles. The minimum Gasteiger partial charge on any atom is -0.496 e. The van der Waals surface area contributed by atoms with Gasteiger partial charge in [0.25, 0.3) is 5.91 Å². The Labute approximate surface area is 193 Å². The number of likely N-dealkylation sites (tertiary alicyclic amines) is 1. The molecule has 1 amide bonds. The van der Waals surface area contributed by atoms with E-state index < -0.39 is 0 Å². The van der Waals surface area contributed by atoms with Crippen molar-refractivity contribution in [1.82, 2.24) is 20.2 Å². The minimum atomic E-state index is -0.199. The van der Waals surface area contributed by atoms with E-state index in [4.69, 9.17) is 4.74 Å². The van der Waals surface area contributed by atoms with Crippen LogP contribution in [0.25, 0.3) is 0 Å². The Balaban J connectivity index is 1.33. The normalized spacial score (nSPS) is 14.8. The number of aromatic nitrogens is 2. The van der Waals surface area contributed by atoms with E-state index >= 15 is 0 Å². The molecule has 1 fully saturated rings. The smallest absolute Gasteiger partial charge is 0.254 e. The van der Waals surface area contributed by atoms with Crippen molar-refractivity contribution < 1.29 is 13.9 Å². The summed E-state index contributed by atoms with van der Waals surface area (Å²) in [5, 5.41) is 2.93. The number of carbonyl (C=O) groups is 1. The SMILES string of the molecule is COc1ccccc1CNC(=O)c1cnc(C2CCN(Cc3cccc(F)c3)CC2)nc1C. The van der Waals surface area contributed by atoms with Gasteiger partial charge in [-0.15, -0.1) is 0 Å². The largest absolute Gasteiger partial charge is 0.496 e. The molecule has 0 saturated carbocycles. The van der Waals surface area contributed by atoms with Crippen LogP contribution in [0.1, 0.15) is 51.8 Å². The van der Waals surface area contributed by atoms with Crippen molar-refractivity contribution >= 4 is 5.91 Å². The average Bonchev–Trinajstić information content (AvgIpc) is 2.83. The van der Waals surface area contributed by atoms with Gasteiger partial charge in [0.1, 0.15) is 17.4 Å². The predicted molar refractivity (Wildman–Crippen MR) is 125 cm³/mol. The molecule has 4 rings (SSSR count). The maximum atomic E-state index is 13.4. The van der Waals surface area contributed by atoms with E-state index in [1.807, 2.05) is 37.3 Å². The zero-order valence-electron chi connectivity index (χ0n) is 19.1. The van der Waals surface area contributed by atoms with Gasteiger partial charge >= 0.3 is 0 Å². The number of nitrogens with one attached hydrogen (secondary N) is 1. The van der Waals surface area contributed by atoms with Crippen molar-refractivity contribution in [3.63, 3.8) is 0 Å². The Morgan fingerprint density at radius 1 is 1.18 bits per heavy atom. The summed E-state index contributed by atoms with van der Waals surface area (Å²) in [6.45, 7) is 4.78. The molecule has 1 N–H and O–H groups in total. The van der Waals surface area contributed by atoms with E-state index in [-0.39, 0.29) is 17.6 Å². The number of hydrogen-bond donors (Lipinski definition) is 1. The fourth-order valence-corrected chi connectivity index (χ4v) is 4.27. The highest BCUT2D eigenvalue weighted by atomic mass is 19.1. The molecule has 0 unspecified atom stereocenters. The summed E-state index contributed by atoms with van der Waals surface area (Å²) in [4.78, 5) is 24.2. The van der Waals surface area contributed by atoms with Gasteiger partial charge in [0.2, 0.25) is 0 Å². The van der Waals surface area contributed by atoms with Crippen molar-refractivity contribution in [2.75, 3.05) is 20.2 Å². The van der Waals surface area contributed by atoms with Crippen LogP contribution in [-0.2, 0) is 13.1 Å². The number of nitrogens with zero attached hydrogens (tertiary/aromatic N) is 3. The summed E-state index contributed by atoms with van der Waals surface area (Å²) >= 11 is 0. The van der Waals surface area contributed by atoms with Crippen molar-refractivity contribution in [2.24, 2.45) is 0 Å². The van der Waals surface area contributed by atoms with Crippen molar-refractivity contribution in [1.29, 1.82) is 0 Å². The van der Waals surface area contributed by atoms with E-state index in [2.05, 4.69) is 20.2 Å². The number of benzene rings is 2. The molecule has 6 nitrogen and oxygen atoms in total. The zero-order chi connectivity index (χ0) is 23.2. The monoisotopic (exact) mass is 448 g/mol. The summed E-state index contributed by atoms with van der Waals surface area (Å²) in [7, 11) is 1.61. The van der Waals surface area contributed by atoms with Gasteiger partial charge in [0.05, 0.1) is 18.4 Å². The number of hydrogen-bond acceptors (Lipinski definition) is 5. The lowest BCUT2D eigenvalue weighted by Gasteiger charge is -2.31. The number of halogens is 1. The molecule has 7 heteroatoms. The summed E-state index contributed by atoms with van der Waals surface area (Å²) in [6.07, 6.45) is 3.51. The molecule has 0 atom stereocenters. The van der Waals surface area contributed by atoms with Gasteiger partial charge < -0.3 is 10.1 Å². The number of methoxy groups -OCH3 is 1. The summed E-state index contributed by atoms with van der Waals surface area (Å²) in [6, 6.07) is 14.4. The number of para-hydroxylation sites is 1. The van der Waals surface area contributed by atoms with Crippen LogP contribution in [-0.4, -0.2) is 41.0 Å². The van der Waals surface area contributed by atoms with Crippen LogP contribution < -0.4 is 10.1 Å². The van der Waals surface area contributed by atoms with Crippen LogP contribution in [0.5, 0.6) is 5.75 Å². The Morgan fingerprint density at radius 2 is 1.97 bits per heavy atom. The third-order valence-electron chi connectivity index (χ3n) is 6.12. The molecule has 0 spiro atoms. The number of amides is 1. The molecule has 2 heterocycles. The number of aryl methyl sites for hydroxylation is 1. The first-order valence-electron chi connectivity index (χ1n) is 11.2. The third-order valence-corrected chi connectivity index (χ3v) is 6.12. The first-order chi connectivity index (χ1) is 16.0. The summed E-state index contributed by atoms with van der Waals surface area (Å²) < 4.78 is 18.8. The molecule has 3 aromatic rings. The molecule has 0 radical (unpaired) electrons. The lowest BCUT2D eigenvalue weighted by molar-refractivity contribution is 0.0949. The summed E-state index contributed by atoms with van der Waals surface area (Å²) in [5.41, 5.74) is 3.06. The van der Waals surface area contributed by atoms with E-state index in [0.29, 0.717) is 17.8 Å². The van der Waals surface area contributed by atoms with Gasteiger partial charge in [-0.1, -0.05) is 30.3 Å². The summed E-state index contributed by atoms with van der Waals surface area (Å²) in [5.74, 6) is 1.40. The standard InChI is InChI=1S/C26H29FN4O2/c1-18-23(26(32)29-15-21-7-3-4-9-24(21)33-2)16-28-25(30-18)20-10-12-31(13-11-20)17-19-6-5-8-22(27)14-19/h3-9,14,16,20H,10-13,15,17H2,1-2H3,(H,29,32). The van der Waals surface area contributed by atoms with E-state index in [9.17, 15) is 9.18 Å². The lowest BCUT2D eigenvalue weighted by Crippen LogP contribution is -2.33. The molecule has 0 aliphatic carbocycles. The van der Waals surface area contributed by atoms with E-state index in [0.717, 1.165) is 55.2 Å². The third kappa shape index (κ3) is 5.73. The van der Waals surface area contributed by atoms with Crippen LogP contribution in [0.15, 0.2) is 54.7 Å². The van der Waals surface area contributed by atoms with Crippen LogP contribution in [0.2, 0.25) is 0 Å². The van der Waals surface area contributed by atoms with Gasteiger partial charge in [0.15, 0.2) is 0 Å². The second-order valence-corrected chi connectivity index (χ2v) is 8.40. The van der Waals surface area contributed by atoms with Gasteiger partial charge in [-0.05, 0) is 56.6 Å². The molecule has 1 saturated heterocycles. The lowest BCUT2D eigenvalue weighted by atomic mass is 9.95. The van der Waals surface area contributed by atoms with Gasteiger partial charge in [0, 0.05) is 30.8 Å². The van der Waals surface area contributed by atoms with Crippen LogP contribution in [0, 0.1) is 12.7 Å². The van der Waals surface area contributed by atoms with E-state index in [1.54, 1.807) is 25.4 Å². The Hall–Kier alpha value is -3.32. The highest BCUT2D eigenvalue weighted by Crippen LogP contribution is 2.27. The highest BCUT2D eigenvalue weighted by Gasteiger charge is 2.24. The van der Waals surface area contributed by atoms with Gasteiger partial charge in [-0.3, -0.25) is 9.69 Å². The number of ether oxygens (including phenoxy) is 1. The molecule has 172 valence electrons. The fourth-order valence-electron chi connectivity index (χ4n) is 4.27. The average molecular weight is 449 g/mol. The maximum absolute atomic E-state index is 13.4. The predicted octanol–water partition coefficient (Wildman–Crippen LogP) is 4.24. The first-order valence-corrected chi connectivity index (χ1v) is 11.2. The number of carbonyl (C=O) groups excluding carboxylic acids is 1. The number of rotatable bonds is 7. The fraction of sp³-hybridized carbons (Fsp3) is 0.346. The molecule has 2 aromatic carbocycles. The van der Waals surface area contributed by atoms with Crippen molar-refractivity contribution in [3.05, 3.63) is 88.8 Å². The molecular formula is C26H29FN4O2. The topological polar surface area (TPSA) is 67.3 Å². The quantitative estimate of drug-likeness (QED) is 0.586. The molecule has 1 aliphatic rings. The van der Waals surface area contributed by atoms with Crippen LogP contribution in [0.3, 0.4) is 0 Å². The second-order valence-electron chi connectivity index (χ2n) is 8.40. The van der Waals surface area contributed by atoms with Crippen molar-refractivity contribution in [3.8, 4) is 5.75 Å². The van der Waals surface area contributed by atoms with E-state index in [1.165, 1.54) is 6.07 Å². The van der Waals surface area contributed by atoms with Crippen LogP contribution >= 0.6 is 0 Å². The molecule has 0 bridgehead atoms. The molecular weight excluding hydrogens is 419 g/mol. The second kappa shape index (κ2) is 10.5. The highest BCUT2D eigenvalue weighted by molar-refractivity contribution is 5.94. The van der Waals surface area contributed by atoms with Gasteiger partial charge in [-0.2, -0.15) is 0 Å².